The monoisotopic (exact) mass is 286 g/mol. The minimum Gasteiger partial charge on any atom is -0.368 e. The number of allylic oxidation sites excluding steroid dienone is 2. The molecule has 1 amide bonds. The number of carbonyl (C=O) groups excluding carboxylic acids is 1. The Hall–Kier alpha value is -2.17. The summed E-state index contributed by atoms with van der Waals surface area (Å²) in [6.07, 6.45) is 9.61. The van der Waals surface area contributed by atoms with E-state index in [-0.39, 0.29) is 5.91 Å². The Labute approximate surface area is 125 Å². The molecule has 5 heteroatoms. The number of fused-ring (bicyclic) bond motifs is 1. The molecule has 0 spiro atoms. The number of primary amides is 1. The molecule has 0 fully saturated rings. The molecule has 1 atom stereocenters. The van der Waals surface area contributed by atoms with E-state index in [1.807, 2.05) is 25.2 Å². The molecular weight excluding hydrogens is 264 g/mol. The molecule has 1 unspecified atom stereocenters. The van der Waals surface area contributed by atoms with E-state index >= 15 is 0 Å². The van der Waals surface area contributed by atoms with Crippen LogP contribution in [0.5, 0.6) is 0 Å². The predicted molar refractivity (Wildman–Crippen MR) is 85.5 cm³/mol. The molecule has 0 saturated heterocycles. The molecule has 0 radical (unpaired) electrons. The lowest BCUT2D eigenvalue weighted by molar-refractivity contribution is -0.119. The fourth-order valence-corrected chi connectivity index (χ4v) is 2.33. The number of nitrogens with zero attached hydrogens (tertiary/aromatic N) is 2. The molecule has 1 heterocycles. The second-order valence-electron chi connectivity index (χ2n) is 5.69. The zero-order valence-corrected chi connectivity index (χ0v) is 12.8. The molecule has 0 saturated carbocycles. The van der Waals surface area contributed by atoms with Crippen LogP contribution in [0.3, 0.4) is 0 Å². The summed E-state index contributed by atoms with van der Waals surface area (Å²) >= 11 is 0. The molecular formula is C16H22N4O. The number of hydrogen-bond donors (Lipinski definition) is 2. The summed E-state index contributed by atoms with van der Waals surface area (Å²) in [5, 5.41) is 3.20. The van der Waals surface area contributed by atoms with Gasteiger partial charge in [-0.25, -0.2) is 9.97 Å². The van der Waals surface area contributed by atoms with Crippen molar-refractivity contribution in [1.29, 1.82) is 0 Å². The first-order chi connectivity index (χ1) is 9.97. The van der Waals surface area contributed by atoms with Crippen LogP contribution in [0.25, 0.3) is 12.2 Å². The van der Waals surface area contributed by atoms with Crippen molar-refractivity contribution in [3.8, 4) is 0 Å². The number of aromatic nitrogens is 2. The zero-order valence-electron chi connectivity index (χ0n) is 12.8. The van der Waals surface area contributed by atoms with Gasteiger partial charge in [0.2, 0.25) is 5.91 Å². The van der Waals surface area contributed by atoms with Gasteiger partial charge in [0.25, 0.3) is 0 Å². The number of aryl methyl sites for hydroxylation is 1. The van der Waals surface area contributed by atoms with Crippen LogP contribution in [0, 0.1) is 12.8 Å². The molecule has 1 aromatic heterocycles. The van der Waals surface area contributed by atoms with Crippen LogP contribution in [-0.2, 0) is 4.79 Å². The summed E-state index contributed by atoms with van der Waals surface area (Å²) in [7, 11) is 0. The van der Waals surface area contributed by atoms with E-state index in [1.165, 1.54) is 0 Å². The Bertz CT molecular complexity index is 590. The highest BCUT2D eigenvalue weighted by Crippen LogP contribution is 2.24. The van der Waals surface area contributed by atoms with E-state index in [1.54, 1.807) is 0 Å². The van der Waals surface area contributed by atoms with Gasteiger partial charge in [-0.05, 0) is 31.8 Å². The smallest absolute Gasteiger partial charge is 0.239 e. The summed E-state index contributed by atoms with van der Waals surface area (Å²) in [6, 6.07) is -0.427. The van der Waals surface area contributed by atoms with Crippen LogP contribution in [0.4, 0.5) is 5.82 Å². The lowest BCUT2D eigenvalue weighted by atomic mass is 10.0. The van der Waals surface area contributed by atoms with Gasteiger partial charge in [-0.2, -0.15) is 0 Å². The van der Waals surface area contributed by atoms with Gasteiger partial charge >= 0.3 is 0 Å². The van der Waals surface area contributed by atoms with Crippen molar-refractivity contribution >= 4 is 23.9 Å². The molecule has 0 aromatic carbocycles. The molecule has 1 aliphatic carbocycles. The largest absolute Gasteiger partial charge is 0.368 e. The third-order valence-electron chi connectivity index (χ3n) is 3.28. The second kappa shape index (κ2) is 6.52. The van der Waals surface area contributed by atoms with Crippen molar-refractivity contribution in [3.63, 3.8) is 0 Å². The highest BCUT2D eigenvalue weighted by Gasteiger charge is 2.20. The summed E-state index contributed by atoms with van der Waals surface area (Å²) in [5.41, 5.74) is 7.27. The maximum Gasteiger partial charge on any atom is 0.239 e. The molecule has 1 aromatic rings. The standard InChI is InChI=1S/C16H22N4O/c1-10(2)9-14(15(17)21)20-16-12-7-5-4-6-8-13(12)18-11(3)19-16/h5-8,10,14H,4,9H2,1-3H3,(H2,17,21)(H,18,19,20). The SMILES string of the molecule is Cc1nc2c(c(NC(CC(C)C)C(N)=O)n1)C=CCC=C2. The maximum absolute atomic E-state index is 11.6. The molecule has 21 heavy (non-hydrogen) atoms. The van der Waals surface area contributed by atoms with Gasteiger partial charge in [-0.15, -0.1) is 0 Å². The number of amides is 1. The van der Waals surface area contributed by atoms with Crippen molar-refractivity contribution in [2.24, 2.45) is 11.7 Å². The van der Waals surface area contributed by atoms with Gasteiger partial charge in [0.1, 0.15) is 17.7 Å². The van der Waals surface area contributed by atoms with E-state index in [2.05, 4.69) is 35.2 Å². The Morgan fingerprint density at radius 3 is 2.71 bits per heavy atom. The highest BCUT2D eigenvalue weighted by atomic mass is 16.1. The minimum absolute atomic E-state index is 0.359. The van der Waals surface area contributed by atoms with E-state index in [0.717, 1.165) is 17.7 Å². The number of hydrogen-bond acceptors (Lipinski definition) is 4. The third-order valence-corrected chi connectivity index (χ3v) is 3.28. The summed E-state index contributed by atoms with van der Waals surface area (Å²) in [6.45, 7) is 5.97. The van der Waals surface area contributed by atoms with Gasteiger partial charge < -0.3 is 11.1 Å². The summed E-state index contributed by atoms with van der Waals surface area (Å²) in [4.78, 5) is 20.5. The van der Waals surface area contributed by atoms with Crippen LogP contribution in [0.15, 0.2) is 12.2 Å². The van der Waals surface area contributed by atoms with Crippen molar-refractivity contribution in [2.45, 2.75) is 39.7 Å². The number of carbonyl (C=O) groups is 1. The van der Waals surface area contributed by atoms with Gasteiger partial charge in [-0.1, -0.05) is 32.1 Å². The van der Waals surface area contributed by atoms with Crippen LogP contribution in [0.1, 0.15) is 43.8 Å². The fraction of sp³-hybridized carbons (Fsp3) is 0.438. The Morgan fingerprint density at radius 2 is 2.05 bits per heavy atom. The van der Waals surface area contributed by atoms with E-state index in [0.29, 0.717) is 24.0 Å². The minimum atomic E-state index is -0.427. The van der Waals surface area contributed by atoms with E-state index in [4.69, 9.17) is 5.73 Å². The van der Waals surface area contributed by atoms with Crippen molar-refractivity contribution in [3.05, 3.63) is 29.2 Å². The van der Waals surface area contributed by atoms with Gasteiger partial charge in [0.15, 0.2) is 0 Å². The van der Waals surface area contributed by atoms with Crippen LogP contribution in [0.2, 0.25) is 0 Å². The lowest BCUT2D eigenvalue weighted by Crippen LogP contribution is -2.37. The lowest BCUT2D eigenvalue weighted by Gasteiger charge is -2.20. The first-order valence-electron chi connectivity index (χ1n) is 7.25. The molecule has 3 N–H and O–H groups in total. The summed E-state index contributed by atoms with van der Waals surface area (Å²) < 4.78 is 0. The van der Waals surface area contributed by atoms with E-state index < -0.39 is 6.04 Å². The normalized spacial score (nSPS) is 14.7. The van der Waals surface area contributed by atoms with Gasteiger partial charge in [0.05, 0.1) is 5.69 Å². The third kappa shape index (κ3) is 3.90. The number of nitrogens with two attached hydrogens (primary N) is 1. The average Bonchev–Trinajstić information content (AvgIpc) is 2.62. The van der Waals surface area contributed by atoms with Crippen LogP contribution < -0.4 is 11.1 Å². The summed E-state index contributed by atoms with van der Waals surface area (Å²) in [5.74, 6) is 1.35. The topological polar surface area (TPSA) is 80.9 Å². The Balaban J connectivity index is 2.37. The van der Waals surface area contributed by atoms with Gasteiger partial charge in [0, 0.05) is 5.56 Å². The second-order valence-corrected chi connectivity index (χ2v) is 5.69. The van der Waals surface area contributed by atoms with Crippen molar-refractivity contribution < 1.29 is 4.79 Å². The number of rotatable bonds is 5. The van der Waals surface area contributed by atoms with Crippen LogP contribution >= 0.6 is 0 Å². The Kier molecular flexibility index (Phi) is 4.73. The van der Waals surface area contributed by atoms with Crippen LogP contribution in [-0.4, -0.2) is 21.9 Å². The molecule has 0 bridgehead atoms. The average molecular weight is 286 g/mol. The number of nitrogens with one attached hydrogen (secondary N) is 1. The first kappa shape index (κ1) is 15.2. The highest BCUT2D eigenvalue weighted by molar-refractivity contribution is 5.84. The quantitative estimate of drug-likeness (QED) is 0.871. The van der Waals surface area contributed by atoms with Gasteiger partial charge in [-0.3, -0.25) is 4.79 Å². The molecule has 112 valence electrons. The fourth-order valence-electron chi connectivity index (χ4n) is 2.33. The molecule has 0 aliphatic heterocycles. The molecule has 5 nitrogen and oxygen atoms in total. The van der Waals surface area contributed by atoms with Crippen molar-refractivity contribution in [2.75, 3.05) is 5.32 Å². The number of anilines is 1. The Morgan fingerprint density at radius 1 is 1.33 bits per heavy atom. The first-order valence-corrected chi connectivity index (χ1v) is 7.25. The molecule has 1 aliphatic rings. The maximum atomic E-state index is 11.6. The predicted octanol–water partition coefficient (Wildman–Crippen LogP) is 2.53. The molecule has 2 rings (SSSR count). The zero-order chi connectivity index (χ0) is 15.4. The van der Waals surface area contributed by atoms with Crippen molar-refractivity contribution in [1.82, 2.24) is 9.97 Å². The van der Waals surface area contributed by atoms with E-state index in [9.17, 15) is 4.79 Å².